The molecule has 1 fully saturated rings. The molecule has 76 valence electrons. The molecule has 0 unspecified atom stereocenters. The quantitative estimate of drug-likeness (QED) is 0.691. The van der Waals surface area contributed by atoms with Gasteiger partial charge in [0.05, 0.1) is 5.75 Å². The van der Waals surface area contributed by atoms with Crippen molar-refractivity contribution in [3.8, 4) is 0 Å². The predicted octanol–water partition coefficient (Wildman–Crippen LogP) is 1.18. The maximum Gasteiger partial charge on any atom is 0.147 e. The van der Waals surface area contributed by atoms with Gasteiger partial charge in [0, 0.05) is 18.6 Å². The van der Waals surface area contributed by atoms with Crippen LogP contribution >= 0.6 is 0 Å². The van der Waals surface area contributed by atoms with E-state index >= 15 is 0 Å². The van der Waals surface area contributed by atoms with Crippen molar-refractivity contribution < 1.29 is 13.2 Å². The molecule has 4 heteroatoms. The molecule has 0 aliphatic heterocycles. The third-order valence-electron chi connectivity index (χ3n) is 2.53. The Hall–Kier alpha value is -0.380. The van der Waals surface area contributed by atoms with E-state index in [2.05, 4.69) is 0 Å². The van der Waals surface area contributed by atoms with Gasteiger partial charge in [0.1, 0.15) is 15.6 Å². The summed E-state index contributed by atoms with van der Waals surface area (Å²) < 4.78 is 21.6. The van der Waals surface area contributed by atoms with E-state index in [1.165, 1.54) is 6.26 Å². The molecule has 0 saturated heterocycles. The molecule has 1 rings (SSSR count). The fourth-order valence-electron chi connectivity index (χ4n) is 1.74. The standard InChI is InChI=1S/C9H16O3S/c1-13(11,12)7-6-9(10)8-4-2-3-5-8/h8H,2-7H2,1H3. The fraction of sp³-hybridized carbons (Fsp3) is 0.889. The van der Waals surface area contributed by atoms with Gasteiger partial charge in [-0.25, -0.2) is 8.42 Å². The van der Waals surface area contributed by atoms with E-state index in [9.17, 15) is 13.2 Å². The topological polar surface area (TPSA) is 51.2 Å². The predicted molar refractivity (Wildman–Crippen MR) is 51.3 cm³/mol. The average Bonchev–Trinajstić information content (AvgIpc) is 2.50. The van der Waals surface area contributed by atoms with Crippen molar-refractivity contribution in [2.45, 2.75) is 32.1 Å². The van der Waals surface area contributed by atoms with Crippen LogP contribution in [0.15, 0.2) is 0 Å². The lowest BCUT2D eigenvalue weighted by atomic mass is 10.0. The van der Waals surface area contributed by atoms with Crippen molar-refractivity contribution in [1.29, 1.82) is 0 Å². The molecule has 1 saturated carbocycles. The molecule has 3 nitrogen and oxygen atoms in total. The number of hydrogen-bond donors (Lipinski definition) is 0. The van der Waals surface area contributed by atoms with Gasteiger partial charge in [-0.3, -0.25) is 4.79 Å². The summed E-state index contributed by atoms with van der Waals surface area (Å²) >= 11 is 0. The Morgan fingerprint density at radius 2 is 1.85 bits per heavy atom. The monoisotopic (exact) mass is 204 g/mol. The van der Waals surface area contributed by atoms with Gasteiger partial charge in [0.15, 0.2) is 0 Å². The fourth-order valence-corrected chi connectivity index (χ4v) is 2.31. The van der Waals surface area contributed by atoms with E-state index in [-0.39, 0.29) is 23.9 Å². The maximum absolute atomic E-state index is 11.4. The molecule has 0 aromatic rings. The molecule has 0 aromatic carbocycles. The number of carbonyl (C=O) groups is 1. The minimum Gasteiger partial charge on any atom is -0.299 e. The van der Waals surface area contributed by atoms with Crippen molar-refractivity contribution in [3.63, 3.8) is 0 Å². The smallest absolute Gasteiger partial charge is 0.147 e. The maximum atomic E-state index is 11.4. The largest absolute Gasteiger partial charge is 0.299 e. The lowest BCUT2D eigenvalue weighted by Crippen LogP contribution is -2.15. The highest BCUT2D eigenvalue weighted by molar-refractivity contribution is 7.90. The van der Waals surface area contributed by atoms with Gasteiger partial charge in [-0.15, -0.1) is 0 Å². The Kier molecular flexibility index (Phi) is 3.47. The third-order valence-corrected chi connectivity index (χ3v) is 3.48. The van der Waals surface area contributed by atoms with E-state index in [4.69, 9.17) is 0 Å². The first kappa shape index (κ1) is 10.7. The second-order valence-corrected chi connectivity index (χ2v) is 6.09. The summed E-state index contributed by atoms with van der Waals surface area (Å²) in [6.45, 7) is 0. The van der Waals surface area contributed by atoms with E-state index in [1.807, 2.05) is 0 Å². The zero-order chi connectivity index (χ0) is 9.90. The average molecular weight is 204 g/mol. The Morgan fingerprint density at radius 3 is 2.31 bits per heavy atom. The van der Waals surface area contributed by atoms with Gasteiger partial charge >= 0.3 is 0 Å². The highest BCUT2D eigenvalue weighted by atomic mass is 32.2. The van der Waals surface area contributed by atoms with E-state index in [0.29, 0.717) is 0 Å². The lowest BCUT2D eigenvalue weighted by molar-refractivity contribution is -0.122. The molecule has 0 aromatic heterocycles. The Balaban J connectivity index is 2.33. The van der Waals surface area contributed by atoms with Crippen LogP contribution in [0.25, 0.3) is 0 Å². The van der Waals surface area contributed by atoms with Crippen LogP contribution in [-0.2, 0) is 14.6 Å². The number of carbonyl (C=O) groups excluding carboxylic acids is 1. The summed E-state index contributed by atoms with van der Waals surface area (Å²) in [6.07, 6.45) is 5.55. The molecular formula is C9H16O3S. The van der Waals surface area contributed by atoms with Crippen LogP contribution in [0.2, 0.25) is 0 Å². The summed E-state index contributed by atoms with van der Waals surface area (Å²) in [5.41, 5.74) is 0. The summed E-state index contributed by atoms with van der Waals surface area (Å²) in [4.78, 5) is 11.4. The molecule has 0 bridgehead atoms. The van der Waals surface area contributed by atoms with E-state index in [0.717, 1.165) is 25.7 Å². The van der Waals surface area contributed by atoms with Gasteiger partial charge in [-0.1, -0.05) is 12.8 Å². The van der Waals surface area contributed by atoms with Gasteiger partial charge in [-0.05, 0) is 12.8 Å². The van der Waals surface area contributed by atoms with Gasteiger partial charge in [0.25, 0.3) is 0 Å². The molecule has 1 aliphatic carbocycles. The Bertz CT molecular complexity index is 273. The van der Waals surface area contributed by atoms with Gasteiger partial charge in [0.2, 0.25) is 0 Å². The molecule has 0 amide bonds. The van der Waals surface area contributed by atoms with Crippen LogP contribution in [0, 0.1) is 5.92 Å². The summed E-state index contributed by atoms with van der Waals surface area (Å²) in [5.74, 6) is 0.312. The summed E-state index contributed by atoms with van der Waals surface area (Å²) in [7, 11) is -2.97. The van der Waals surface area contributed by atoms with Crippen LogP contribution in [0.5, 0.6) is 0 Å². The first-order valence-corrected chi connectivity index (χ1v) is 6.75. The number of hydrogen-bond acceptors (Lipinski definition) is 3. The normalized spacial score (nSPS) is 19.2. The van der Waals surface area contributed by atoms with Crippen LogP contribution in [-0.4, -0.2) is 26.2 Å². The molecule has 0 atom stereocenters. The van der Waals surface area contributed by atoms with Crippen molar-refractivity contribution in [3.05, 3.63) is 0 Å². The summed E-state index contributed by atoms with van der Waals surface area (Å²) in [6, 6.07) is 0. The molecule has 13 heavy (non-hydrogen) atoms. The highest BCUT2D eigenvalue weighted by Gasteiger charge is 2.22. The molecule has 0 radical (unpaired) electrons. The minimum absolute atomic E-state index is 0.0162. The first-order chi connectivity index (χ1) is 5.99. The van der Waals surface area contributed by atoms with Crippen LogP contribution < -0.4 is 0 Å². The first-order valence-electron chi connectivity index (χ1n) is 4.69. The second kappa shape index (κ2) is 4.22. The SMILES string of the molecule is CS(=O)(=O)CCC(=O)C1CCCC1. The Labute approximate surface area is 79.4 Å². The van der Waals surface area contributed by atoms with Gasteiger partial charge in [-0.2, -0.15) is 0 Å². The van der Waals surface area contributed by atoms with Crippen LogP contribution in [0.4, 0.5) is 0 Å². The lowest BCUT2D eigenvalue weighted by Gasteiger charge is -2.06. The Morgan fingerprint density at radius 1 is 1.31 bits per heavy atom. The van der Waals surface area contributed by atoms with E-state index < -0.39 is 9.84 Å². The molecule has 0 N–H and O–H groups in total. The molecular weight excluding hydrogens is 188 g/mol. The van der Waals surface area contributed by atoms with Crippen molar-refractivity contribution >= 4 is 15.6 Å². The second-order valence-electron chi connectivity index (χ2n) is 3.83. The van der Waals surface area contributed by atoms with Crippen molar-refractivity contribution in [2.75, 3.05) is 12.0 Å². The zero-order valence-electron chi connectivity index (χ0n) is 7.95. The van der Waals surface area contributed by atoms with E-state index in [1.54, 1.807) is 0 Å². The molecule has 0 heterocycles. The van der Waals surface area contributed by atoms with Crippen molar-refractivity contribution in [2.24, 2.45) is 5.92 Å². The third kappa shape index (κ3) is 3.89. The summed E-state index contributed by atoms with van der Waals surface area (Å²) in [5, 5.41) is 0. The van der Waals surface area contributed by atoms with Crippen LogP contribution in [0.3, 0.4) is 0 Å². The molecule has 1 aliphatic rings. The van der Waals surface area contributed by atoms with Crippen LogP contribution in [0.1, 0.15) is 32.1 Å². The number of sulfone groups is 1. The van der Waals surface area contributed by atoms with Crippen molar-refractivity contribution in [1.82, 2.24) is 0 Å². The minimum atomic E-state index is -2.97. The number of Topliss-reactive ketones (excluding diaryl/α,β-unsaturated/α-hetero) is 1. The molecule has 0 spiro atoms. The zero-order valence-corrected chi connectivity index (χ0v) is 8.77. The van der Waals surface area contributed by atoms with Gasteiger partial charge < -0.3 is 0 Å². The number of ketones is 1. The highest BCUT2D eigenvalue weighted by Crippen LogP contribution is 2.26. The number of rotatable bonds is 4.